The van der Waals surface area contributed by atoms with Crippen molar-refractivity contribution in [1.29, 1.82) is 0 Å². The molecule has 0 atom stereocenters. The molecule has 4 aromatic rings. The highest BCUT2D eigenvalue weighted by Gasteiger charge is 2.35. The molecule has 4 nitrogen and oxygen atoms in total. The third kappa shape index (κ3) is 4.68. The summed E-state index contributed by atoms with van der Waals surface area (Å²) in [6, 6.07) is 22.0. The van der Waals surface area contributed by atoms with Crippen LogP contribution in [0.15, 0.2) is 78.9 Å². The largest absolute Gasteiger partial charge is 0.435 e. The second kappa shape index (κ2) is 8.51. The molecule has 0 aliphatic rings. The number of carbonyl (C=O) groups excluding carboxylic acids is 1. The van der Waals surface area contributed by atoms with Crippen LogP contribution in [0, 0.1) is 0 Å². The molecule has 0 saturated carbocycles. The van der Waals surface area contributed by atoms with Gasteiger partial charge in [0.2, 0.25) is 5.91 Å². The molecule has 8 heteroatoms. The minimum Gasteiger partial charge on any atom is -0.369 e. The summed E-state index contributed by atoms with van der Waals surface area (Å²) in [5.41, 5.74) is 8.03. The van der Waals surface area contributed by atoms with Crippen LogP contribution < -0.4 is 5.73 Å². The number of carbonyl (C=O) groups is 1. The van der Waals surface area contributed by atoms with Crippen LogP contribution in [0.3, 0.4) is 0 Å². The van der Waals surface area contributed by atoms with Gasteiger partial charge in [-0.2, -0.15) is 18.3 Å². The molecule has 0 fully saturated rings. The summed E-state index contributed by atoms with van der Waals surface area (Å²) in [6.45, 7) is 0. The summed E-state index contributed by atoms with van der Waals surface area (Å²) in [7, 11) is 0. The van der Waals surface area contributed by atoms with Crippen molar-refractivity contribution in [2.75, 3.05) is 0 Å². The summed E-state index contributed by atoms with van der Waals surface area (Å²) in [4.78, 5) is 11.1. The lowest BCUT2D eigenvalue weighted by Crippen LogP contribution is -2.13. The summed E-state index contributed by atoms with van der Waals surface area (Å²) >= 11 is 5.93. The summed E-state index contributed by atoms with van der Waals surface area (Å²) < 4.78 is 41.4. The van der Waals surface area contributed by atoms with Gasteiger partial charge in [-0.3, -0.25) is 4.79 Å². The Morgan fingerprint density at radius 3 is 1.94 bits per heavy atom. The first-order chi connectivity index (χ1) is 15.2. The molecule has 1 heterocycles. The van der Waals surface area contributed by atoms with Crippen molar-refractivity contribution in [3.05, 3.63) is 95.1 Å². The zero-order valence-electron chi connectivity index (χ0n) is 16.6. The molecule has 32 heavy (non-hydrogen) atoms. The van der Waals surface area contributed by atoms with Crippen LogP contribution in [-0.2, 0) is 17.4 Å². The van der Waals surface area contributed by atoms with Crippen LogP contribution in [0.1, 0.15) is 11.3 Å². The van der Waals surface area contributed by atoms with Crippen LogP contribution in [-0.4, -0.2) is 15.7 Å². The highest BCUT2D eigenvalue weighted by molar-refractivity contribution is 6.30. The number of hydrogen-bond acceptors (Lipinski definition) is 2. The van der Waals surface area contributed by atoms with Crippen molar-refractivity contribution >= 4 is 17.5 Å². The lowest BCUT2D eigenvalue weighted by Gasteiger charge is -2.10. The maximum atomic E-state index is 13.4. The van der Waals surface area contributed by atoms with Crippen LogP contribution in [0.25, 0.3) is 28.1 Å². The van der Waals surface area contributed by atoms with Gasteiger partial charge in [-0.05, 0) is 47.0 Å². The first-order valence-electron chi connectivity index (χ1n) is 9.62. The fourth-order valence-corrected chi connectivity index (χ4v) is 3.48. The Kier molecular flexibility index (Phi) is 5.76. The van der Waals surface area contributed by atoms with Crippen molar-refractivity contribution in [3.8, 4) is 28.1 Å². The number of alkyl halides is 3. The Morgan fingerprint density at radius 1 is 0.875 bits per heavy atom. The van der Waals surface area contributed by atoms with Crippen molar-refractivity contribution in [1.82, 2.24) is 9.78 Å². The Labute approximate surface area is 187 Å². The van der Waals surface area contributed by atoms with Gasteiger partial charge in [-0.1, -0.05) is 60.1 Å². The average molecular weight is 456 g/mol. The number of rotatable bonds is 5. The number of benzene rings is 3. The lowest BCUT2D eigenvalue weighted by atomic mass is 10.0. The van der Waals surface area contributed by atoms with Gasteiger partial charge < -0.3 is 5.73 Å². The molecule has 2 N–H and O–H groups in total. The van der Waals surface area contributed by atoms with Crippen molar-refractivity contribution in [2.45, 2.75) is 12.6 Å². The second-order valence-electron chi connectivity index (χ2n) is 7.22. The van der Waals surface area contributed by atoms with E-state index in [1.165, 1.54) is 4.68 Å². The molecule has 4 rings (SSSR count). The average Bonchev–Trinajstić information content (AvgIpc) is 3.21. The van der Waals surface area contributed by atoms with Crippen molar-refractivity contribution in [3.63, 3.8) is 0 Å². The van der Waals surface area contributed by atoms with Gasteiger partial charge in [0.05, 0.1) is 17.8 Å². The molecule has 0 unspecified atom stereocenters. The van der Waals surface area contributed by atoms with Gasteiger partial charge in [0.25, 0.3) is 0 Å². The smallest absolute Gasteiger partial charge is 0.369 e. The molecule has 0 bridgehead atoms. The number of amides is 1. The van der Waals surface area contributed by atoms with E-state index < -0.39 is 17.8 Å². The zero-order valence-corrected chi connectivity index (χ0v) is 17.4. The quantitative estimate of drug-likeness (QED) is 0.407. The summed E-state index contributed by atoms with van der Waals surface area (Å²) in [6.07, 6.45) is -4.54. The Bertz CT molecular complexity index is 1250. The fourth-order valence-electron chi connectivity index (χ4n) is 3.35. The topological polar surface area (TPSA) is 60.9 Å². The molecule has 0 radical (unpaired) electrons. The lowest BCUT2D eigenvalue weighted by molar-refractivity contribution is -0.141. The van der Waals surface area contributed by atoms with E-state index in [0.717, 1.165) is 17.2 Å². The van der Waals surface area contributed by atoms with Gasteiger partial charge >= 0.3 is 6.18 Å². The van der Waals surface area contributed by atoms with Crippen molar-refractivity contribution in [2.24, 2.45) is 5.73 Å². The second-order valence-corrected chi connectivity index (χ2v) is 7.65. The molecule has 0 saturated heterocycles. The SMILES string of the molecule is NC(=O)Cc1ccc(-n2nc(C(F)(F)F)cc2-c2ccc(-c3ccc(Cl)cc3)cc2)cc1. The van der Waals surface area contributed by atoms with E-state index in [9.17, 15) is 18.0 Å². The number of halogens is 4. The zero-order chi connectivity index (χ0) is 22.9. The first-order valence-corrected chi connectivity index (χ1v) is 10.00. The molecular formula is C24H17ClF3N3O. The van der Waals surface area contributed by atoms with E-state index in [2.05, 4.69) is 5.10 Å². The predicted molar refractivity (Wildman–Crippen MR) is 117 cm³/mol. The molecule has 1 aromatic heterocycles. The van der Waals surface area contributed by atoms with Crippen LogP contribution >= 0.6 is 11.6 Å². The molecule has 0 spiro atoms. The van der Waals surface area contributed by atoms with E-state index in [-0.39, 0.29) is 6.42 Å². The van der Waals surface area contributed by atoms with Gasteiger partial charge in [-0.15, -0.1) is 0 Å². The molecule has 1 amide bonds. The van der Waals surface area contributed by atoms with E-state index >= 15 is 0 Å². The highest BCUT2D eigenvalue weighted by atomic mass is 35.5. The Morgan fingerprint density at radius 2 is 1.41 bits per heavy atom. The minimum atomic E-state index is -4.59. The van der Waals surface area contributed by atoms with Crippen LogP contribution in [0.4, 0.5) is 13.2 Å². The molecule has 0 aliphatic heterocycles. The summed E-state index contributed by atoms with van der Waals surface area (Å²) in [5, 5.41) is 4.42. The standard InChI is InChI=1S/C24H17ClF3N3O/c25-19-9-7-17(8-10-19)16-3-5-18(6-4-16)21-14-22(24(26,27)28)30-31(21)20-11-1-15(2-12-20)13-23(29)32/h1-12,14H,13H2,(H2,29,32). The first kappa shape index (κ1) is 21.6. The van der Waals surface area contributed by atoms with E-state index in [1.807, 2.05) is 24.3 Å². The molecule has 0 aliphatic carbocycles. The van der Waals surface area contributed by atoms with E-state index in [1.54, 1.807) is 48.5 Å². The van der Waals surface area contributed by atoms with Crippen LogP contribution in [0.5, 0.6) is 0 Å². The van der Waals surface area contributed by atoms with Gasteiger partial charge in [0, 0.05) is 10.6 Å². The monoisotopic (exact) mass is 455 g/mol. The van der Waals surface area contributed by atoms with Crippen LogP contribution in [0.2, 0.25) is 5.02 Å². The number of nitrogens with zero attached hydrogens (tertiary/aromatic N) is 2. The third-order valence-electron chi connectivity index (χ3n) is 4.92. The number of primary amides is 1. The maximum absolute atomic E-state index is 13.4. The predicted octanol–water partition coefficient (Wildman–Crippen LogP) is 5.91. The number of aromatic nitrogens is 2. The van der Waals surface area contributed by atoms with Gasteiger partial charge in [0.15, 0.2) is 5.69 Å². The Hall–Kier alpha value is -3.58. The summed E-state index contributed by atoms with van der Waals surface area (Å²) in [5.74, 6) is -0.488. The highest BCUT2D eigenvalue weighted by Crippen LogP contribution is 2.34. The van der Waals surface area contributed by atoms with Crippen molar-refractivity contribution < 1.29 is 18.0 Å². The minimum absolute atomic E-state index is 0.0478. The number of hydrogen-bond donors (Lipinski definition) is 1. The van der Waals surface area contributed by atoms with Gasteiger partial charge in [0.1, 0.15) is 0 Å². The maximum Gasteiger partial charge on any atom is 0.435 e. The Balaban J connectivity index is 1.74. The molecule has 3 aromatic carbocycles. The van der Waals surface area contributed by atoms with E-state index in [4.69, 9.17) is 17.3 Å². The third-order valence-corrected chi connectivity index (χ3v) is 5.17. The molecular weight excluding hydrogens is 439 g/mol. The molecule has 162 valence electrons. The fraction of sp³-hybridized carbons (Fsp3) is 0.0833. The van der Waals surface area contributed by atoms with E-state index in [0.29, 0.717) is 27.5 Å². The normalized spacial score (nSPS) is 11.5. The van der Waals surface area contributed by atoms with Gasteiger partial charge in [-0.25, -0.2) is 4.68 Å². The number of nitrogens with two attached hydrogens (primary N) is 1.